The molecule has 0 bridgehead atoms. The van der Waals surface area contributed by atoms with E-state index in [1.54, 1.807) is 7.11 Å². The van der Waals surface area contributed by atoms with Gasteiger partial charge >= 0.3 is 0 Å². The molecule has 1 amide bonds. The number of piperidine rings is 1. The van der Waals surface area contributed by atoms with Crippen LogP contribution in [0, 0.1) is 0 Å². The highest BCUT2D eigenvalue weighted by atomic mass is 16.5. The first-order valence-electron chi connectivity index (χ1n) is 8.47. The Bertz CT molecular complexity index is 655. The third-order valence-electron chi connectivity index (χ3n) is 4.43. The lowest BCUT2D eigenvalue weighted by molar-refractivity contribution is -0.131. The minimum atomic E-state index is 0.194. The lowest BCUT2D eigenvalue weighted by Gasteiger charge is -2.34. The van der Waals surface area contributed by atoms with Crippen molar-refractivity contribution in [3.05, 3.63) is 60.2 Å². The standard InChI is InChI=1S/C20H24N2O2/c1-24-19-11-9-16(10-12-19)14-20(23)22-13-5-8-18(15-22)21-17-6-3-2-4-7-17/h2-4,6-7,9-12,18,21H,5,8,13-15H2,1H3/t18-/m0/s1. The van der Waals surface area contributed by atoms with Crippen LogP contribution in [0.3, 0.4) is 0 Å². The molecule has 1 aliphatic rings. The molecule has 0 saturated carbocycles. The second-order valence-electron chi connectivity index (χ2n) is 6.21. The summed E-state index contributed by atoms with van der Waals surface area (Å²) in [6.45, 7) is 1.62. The van der Waals surface area contributed by atoms with Crippen LogP contribution in [0.1, 0.15) is 18.4 Å². The Morgan fingerprint density at radius 1 is 1.17 bits per heavy atom. The Hall–Kier alpha value is -2.49. The fraction of sp³-hybridized carbons (Fsp3) is 0.350. The monoisotopic (exact) mass is 324 g/mol. The van der Waals surface area contributed by atoms with Gasteiger partial charge in [0.15, 0.2) is 0 Å². The summed E-state index contributed by atoms with van der Waals surface area (Å²) in [5.41, 5.74) is 2.14. The predicted molar refractivity (Wildman–Crippen MR) is 96.4 cm³/mol. The average molecular weight is 324 g/mol. The zero-order valence-electron chi connectivity index (χ0n) is 14.1. The van der Waals surface area contributed by atoms with E-state index in [4.69, 9.17) is 4.74 Å². The first-order chi connectivity index (χ1) is 11.7. The lowest BCUT2D eigenvalue weighted by Crippen LogP contribution is -2.45. The summed E-state index contributed by atoms with van der Waals surface area (Å²) < 4.78 is 5.16. The van der Waals surface area contributed by atoms with Gasteiger partial charge in [-0.3, -0.25) is 4.79 Å². The fourth-order valence-electron chi connectivity index (χ4n) is 3.12. The molecule has 1 heterocycles. The Morgan fingerprint density at radius 3 is 2.62 bits per heavy atom. The molecule has 3 rings (SSSR count). The van der Waals surface area contributed by atoms with Crippen LogP contribution in [0.5, 0.6) is 5.75 Å². The second-order valence-corrected chi connectivity index (χ2v) is 6.21. The Balaban J connectivity index is 1.56. The number of likely N-dealkylation sites (tertiary alicyclic amines) is 1. The second kappa shape index (κ2) is 7.86. The first-order valence-corrected chi connectivity index (χ1v) is 8.47. The van der Waals surface area contributed by atoms with Gasteiger partial charge in [0.1, 0.15) is 5.75 Å². The number of hydrogen-bond acceptors (Lipinski definition) is 3. The van der Waals surface area contributed by atoms with Crippen molar-refractivity contribution < 1.29 is 9.53 Å². The minimum Gasteiger partial charge on any atom is -0.497 e. The number of nitrogens with one attached hydrogen (secondary N) is 1. The van der Waals surface area contributed by atoms with Crippen LogP contribution in [0.15, 0.2) is 54.6 Å². The highest BCUT2D eigenvalue weighted by molar-refractivity contribution is 5.79. The van der Waals surface area contributed by atoms with Crippen LogP contribution in [-0.4, -0.2) is 37.0 Å². The van der Waals surface area contributed by atoms with Crippen molar-refractivity contribution in [3.63, 3.8) is 0 Å². The van der Waals surface area contributed by atoms with E-state index in [9.17, 15) is 4.79 Å². The SMILES string of the molecule is COc1ccc(CC(=O)N2CCC[C@H](Nc3ccccc3)C2)cc1. The van der Waals surface area contributed by atoms with Gasteiger partial charge in [0.25, 0.3) is 0 Å². The zero-order chi connectivity index (χ0) is 16.8. The van der Waals surface area contributed by atoms with Crippen LogP contribution in [-0.2, 0) is 11.2 Å². The van der Waals surface area contributed by atoms with E-state index in [2.05, 4.69) is 17.4 Å². The topological polar surface area (TPSA) is 41.6 Å². The Kier molecular flexibility index (Phi) is 5.36. The van der Waals surface area contributed by atoms with Gasteiger partial charge in [-0.1, -0.05) is 30.3 Å². The van der Waals surface area contributed by atoms with E-state index < -0.39 is 0 Å². The number of nitrogens with zero attached hydrogens (tertiary/aromatic N) is 1. The highest BCUT2D eigenvalue weighted by Crippen LogP contribution is 2.18. The van der Waals surface area contributed by atoms with Crippen LogP contribution in [0.25, 0.3) is 0 Å². The maximum atomic E-state index is 12.6. The van der Waals surface area contributed by atoms with Crippen molar-refractivity contribution in [2.45, 2.75) is 25.3 Å². The number of methoxy groups -OCH3 is 1. The molecule has 4 nitrogen and oxygen atoms in total. The molecule has 2 aromatic carbocycles. The van der Waals surface area contributed by atoms with E-state index in [0.717, 1.165) is 42.9 Å². The molecular formula is C20H24N2O2. The summed E-state index contributed by atoms with van der Waals surface area (Å²) in [5, 5.41) is 3.53. The van der Waals surface area contributed by atoms with Gasteiger partial charge in [-0.05, 0) is 42.7 Å². The van der Waals surface area contributed by atoms with E-state index in [1.807, 2.05) is 47.4 Å². The van der Waals surface area contributed by atoms with E-state index in [-0.39, 0.29) is 5.91 Å². The number of benzene rings is 2. The first kappa shape index (κ1) is 16.4. The van der Waals surface area contributed by atoms with Gasteiger partial charge in [0.2, 0.25) is 5.91 Å². The van der Waals surface area contributed by atoms with Gasteiger partial charge in [0, 0.05) is 24.8 Å². The van der Waals surface area contributed by atoms with Gasteiger partial charge in [-0.25, -0.2) is 0 Å². The average Bonchev–Trinajstić information content (AvgIpc) is 2.63. The molecule has 24 heavy (non-hydrogen) atoms. The number of para-hydroxylation sites is 1. The molecule has 0 aliphatic carbocycles. The molecule has 1 saturated heterocycles. The number of hydrogen-bond donors (Lipinski definition) is 1. The number of carbonyl (C=O) groups excluding carboxylic acids is 1. The fourth-order valence-corrected chi connectivity index (χ4v) is 3.12. The highest BCUT2D eigenvalue weighted by Gasteiger charge is 2.23. The van der Waals surface area contributed by atoms with Crippen LogP contribution < -0.4 is 10.1 Å². The summed E-state index contributed by atoms with van der Waals surface area (Å²) >= 11 is 0. The minimum absolute atomic E-state index is 0.194. The van der Waals surface area contributed by atoms with Crippen LogP contribution >= 0.6 is 0 Å². The molecule has 0 aromatic heterocycles. The third kappa shape index (κ3) is 4.28. The van der Waals surface area contributed by atoms with Crippen molar-refractivity contribution in [1.82, 2.24) is 4.90 Å². The molecule has 0 spiro atoms. The molecule has 126 valence electrons. The van der Waals surface area contributed by atoms with Crippen molar-refractivity contribution in [3.8, 4) is 5.75 Å². The molecule has 4 heteroatoms. The number of ether oxygens (including phenoxy) is 1. The number of carbonyl (C=O) groups is 1. The van der Waals surface area contributed by atoms with Gasteiger partial charge in [-0.15, -0.1) is 0 Å². The quantitative estimate of drug-likeness (QED) is 0.917. The predicted octanol–water partition coefficient (Wildman–Crippen LogP) is 3.34. The molecule has 2 aromatic rings. The summed E-state index contributed by atoms with van der Waals surface area (Å²) in [6, 6.07) is 18.2. The Morgan fingerprint density at radius 2 is 1.92 bits per heavy atom. The van der Waals surface area contributed by atoms with E-state index in [1.165, 1.54) is 0 Å². The van der Waals surface area contributed by atoms with E-state index in [0.29, 0.717) is 12.5 Å². The molecule has 0 unspecified atom stereocenters. The van der Waals surface area contributed by atoms with Crippen molar-refractivity contribution in [1.29, 1.82) is 0 Å². The van der Waals surface area contributed by atoms with Gasteiger partial charge in [0.05, 0.1) is 13.5 Å². The third-order valence-corrected chi connectivity index (χ3v) is 4.43. The number of rotatable bonds is 5. The molecule has 1 aliphatic heterocycles. The summed E-state index contributed by atoms with van der Waals surface area (Å²) in [4.78, 5) is 14.6. The largest absolute Gasteiger partial charge is 0.497 e. The lowest BCUT2D eigenvalue weighted by atomic mass is 10.0. The molecular weight excluding hydrogens is 300 g/mol. The summed E-state index contributed by atoms with van der Waals surface area (Å²) in [6.07, 6.45) is 2.59. The van der Waals surface area contributed by atoms with Gasteiger partial charge < -0.3 is 15.0 Å². The van der Waals surface area contributed by atoms with Crippen molar-refractivity contribution >= 4 is 11.6 Å². The van der Waals surface area contributed by atoms with Gasteiger partial charge in [-0.2, -0.15) is 0 Å². The van der Waals surface area contributed by atoms with Crippen LogP contribution in [0.4, 0.5) is 5.69 Å². The summed E-state index contributed by atoms with van der Waals surface area (Å²) in [5.74, 6) is 1.01. The maximum absolute atomic E-state index is 12.6. The molecule has 1 fully saturated rings. The normalized spacial score (nSPS) is 17.4. The smallest absolute Gasteiger partial charge is 0.227 e. The number of anilines is 1. The molecule has 1 N–H and O–H groups in total. The Labute approximate surface area is 143 Å². The summed E-state index contributed by atoms with van der Waals surface area (Å²) in [7, 11) is 1.65. The van der Waals surface area contributed by atoms with E-state index >= 15 is 0 Å². The molecule has 1 atom stereocenters. The van der Waals surface area contributed by atoms with Crippen molar-refractivity contribution in [2.24, 2.45) is 0 Å². The molecule has 0 radical (unpaired) electrons. The van der Waals surface area contributed by atoms with Crippen molar-refractivity contribution in [2.75, 3.05) is 25.5 Å². The number of amides is 1. The van der Waals surface area contributed by atoms with Crippen LogP contribution in [0.2, 0.25) is 0 Å². The zero-order valence-corrected chi connectivity index (χ0v) is 14.1. The maximum Gasteiger partial charge on any atom is 0.227 e.